The van der Waals surface area contributed by atoms with Gasteiger partial charge in [0.1, 0.15) is 6.10 Å². The Kier molecular flexibility index (Phi) is 4.58. The molecule has 0 aromatic heterocycles. The third-order valence-corrected chi connectivity index (χ3v) is 8.66. The lowest BCUT2D eigenvalue weighted by Gasteiger charge is -2.64. The van der Waals surface area contributed by atoms with Gasteiger partial charge >= 0.3 is 5.97 Å². The van der Waals surface area contributed by atoms with Gasteiger partial charge in [0.2, 0.25) is 5.91 Å². The molecule has 1 spiro atoms. The van der Waals surface area contributed by atoms with Crippen molar-refractivity contribution in [3.05, 3.63) is 35.4 Å². The van der Waals surface area contributed by atoms with E-state index in [1.54, 1.807) is 6.07 Å². The van der Waals surface area contributed by atoms with Crippen molar-refractivity contribution in [3.63, 3.8) is 0 Å². The summed E-state index contributed by atoms with van der Waals surface area (Å²) in [4.78, 5) is 26.4. The van der Waals surface area contributed by atoms with E-state index in [4.69, 9.17) is 4.74 Å². The maximum atomic E-state index is 12.6. The summed E-state index contributed by atoms with van der Waals surface area (Å²) >= 11 is 0. The fourth-order valence-electron chi connectivity index (χ4n) is 7.07. The molecule has 2 bridgehead atoms. The van der Waals surface area contributed by atoms with E-state index in [-0.39, 0.29) is 17.8 Å². The van der Waals surface area contributed by atoms with Crippen LogP contribution in [0.5, 0.6) is 11.5 Å². The van der Waals surface area contributed by atoms with Crippen LogP contribution in [0.4, 0.5) is 0 Å². The average molecular weight is 455 g/mol. The van der Waals surface area contributed by atoms with Crippen LogP contribution >= 0.6 is 0 Å². The molecule has 6 rings (SSSR count). The maximum absolute atomic E-state index is 12.6. The molecule has 1 unspecified atom stereocenters. The van der Waals surface area contributed by atoms with Crippen LogP contribution in [0.2, 0.25) is 0 Å². The monoisotopic (exact) mass is 454 g/mol. The molecule has 5 atom stereocenters. The van der Waals surface area contributed by atoms with E-state index < -0.39 is 29.0 Å². The normalized spacial score (nSPS) is 36.2. The summed E-state index contributed by atoms with van der Waals surface area (Å²) in [6, 6.07) is 3.29. The van der Waals surface area contributed by atoms with Gasteiger partial charge < -0.3 is 25.0 Å². The number of ether oxygens (including phenoxy) is 2. The molecule has 1 amide bonds. The van der Waals surface area contributed by atoms with E-state index in [9.17, 15) is 19.8 Å². The third-order valence-electron chi connectivity index (χ3n) is 8.66. The standard InChI is InChI=1S/C25H30N2O6/c1-32-20(30)7-6-19(29)26-16-8-9-25(31)18-12-15-4-5-17(28)22-21(15)24(25,23(16)33-22)10-11-27(18)13-14-2-3-14/h4-7,14,16,18,23,28,31H,2-3,8-13H2,1H3,(H,26,29)/t16-,18-,23?,24+,25-/m1/s1. The zero-order valence-electron chi connectivity index (χ0n) is 18.8. The molecule has 1 aromatic carbocycles. The number of likely N-dealkylation sites (tertiary alicyclic amines) is 1. The molecular weight excluding hydrogens is 424 g/mol. The predicted octanol–water partition coefficient (Wildman–Crippen LogP) is 1.17. The number of esters is 1. The second-order valence-corrected chi connectivity index (χ2v) is 10.3. The smallest absolute Gasteiger partial charge is 0.330 e. The summed E-state index contributed by atoms with van der Waals surface area (Å²) < 4.78 is 11.0. The van der Waals surface area contributed by atoms with Gasteiger partial charge in [0.15, 0.2) is 11.5 Å². The Morgan fingerprint density at radius 2 is 2.09 bits per heavy atom. The second kappa shape index (κ2) is 7.21. The van der Waals surface area contributed by atoms with Crippen LogP contribution < -0.4 is 10.1 Å². The van der Waals surface area contributed by atoms with Crippen molar-refractivity contribution in [1.29, 1.82) is 0 Å². The Morgan fingerprint density at radius 3 is 2.85 bits per heavy atom. The van der Waals surface area contributed by atoms with Crippen molar-refractivity contribution in [2.45, 2.75) is 67.7 Å². The summed E-state index contributed by atoms with van der Waals surface area (Å²) in [5, 5.41) is 26.0. The first-order valence-electron chi connectivity index (χ1n) is 11.9. The third kappa shape index (κ3) is 2.89. The van der Waals surface area contributed by atoms with E-state index in [0.29, 0.717) is 25.0 Å². The topological polar surface area (TPSA) is 108 Å². The van der Waals surface area contributed by atoms with E-state index in [1.807, 2.05) is 6.07 Å². The number of methoxy groups -OCH3 is 1. The zero-order valence-corrected chi connectivity index (χ0v) is 18.8. The van der Waals surface area contributed by atoms with Crippen molar-refractivity contribution in [2.24, 2.45) is 5.92 Å². The highest BCUT2D eigenvalue weighted by Gasteiger charge is 2.73. The summed E-state index contributed by atoms with van der Waals surface area (Å²) in [5.74, 6) is 0.256. The van der Waals surface area contributed by atoms with Gasteiger partial charge in [-0.25, -0.2) is 4.79 Å². The molecule has 3 fully saturated rings. The summed E-state index contributed by atoms with van der Waals surface area (Å²) in [6.45, 7) is 1.88. The molecule has 3 N–H and O–H groups in total. The Labute approximate surface area is 192 Å². The highest BCUT2D eigenvalue weighted by Crippen LogP contribution is 2.65. The number of carbonyl (C=O) groups excluding carboxylic acids is 2. The SMILES string of the molecule is COC(=O)C=CC(=O)N[C@@H]1CC[C@@]2(O)[C@H]3Cc4ccc(O)c5c4[C@@]2(CCN3CC2CC2)C1O5. The molecule has 3 aliphatic carbocycles. The number of rotatable bonds is 5. The molecule has 1 aromatic rings. The zero-order chi connectivity index (χ0) is 23.0. The Balaban J connectivity index is 1.38. The average Bonchev–Trinajstić information content (AvgIpc) is 3.54. The van der Waals surface area contributed by atoms with Crippen LogP contribution in [-0.2, 0) is 26.2 Å². The van der Waals surface area contributed by atoms with Crippen LogP contribution in [0.25, 0.3) is 0 Å². The summed E-state index contributed by atoms with van der Waals surface area (Å²) in [7, 11) is 1.26. The molecule has 8 nitrogen and oxygen atoms in total. The fourth-order valence-corrected chi connectivity index (χ4v) is 7.07. The number of aliphatic hydroxyl groups is 1. The molecule has 2 heterocycles. The van der Waals surface area contributed by atoms with Crippen LogP contribution in [0.3, 0.4) is 0 Å². The first-order chi connectivity index (χ1) is 15.9. The molecule has 2 aliphatic heterocycles. The summed E-state index contributed by atoms with van der Waals surface area (Å²) in [5.41, 5.74) is 0.390. The first-order valence-corrected chi connectivity index (χ1v) is 11.9. The van der Waals surface area contributed by atoms with Crippen molar-refractivity contribution in [3.8, 4) is 11.5 Å². The highest BCUT2D eigenvalue weighted by atomic mass is 16.5. The van der Waals surface area contributed by atoms with Crippen molar-refractivity contribution >= 4 is 11.9 Å². The molecule has 5 aliphatic rings. The largest absolute Gasteiger partial charge is 0.504 e. The number of nitrogens with one attached hydrogen (secondary N) is 1. The second-order valence-electron chi connectivity index (χ2n) is 10.3. The van der Waals surface area contributed by atoms with Gasteiger partial charge in [-0.1, -0.05) is 6.07 Å². The number of piperidine rings is 1. The number of hydrogen-bond donors (Lipinski definition) is 3. The van der Waals surface area contributed by atoms with E-state index in [0.717, 1.165) is 48.7 Å². The van der Waals surface area contributed by atoms with Crippen LogP contribution in [0.15, 0.2) is 24.3 Å². The number of benzene rings is 1. The van der Waals surface area contributed by atoms with Gasteiger partial charge in [0.25, 0.3) is 0 Å². The first kappa shape index (κ1) is 21.0. The quantitative estimate of drug-likeness (QED) is 0.453. The minimum atomic E-state index is -0.986. The number of phenols is 1. The maximum Gasteiger partial charge on any atom is 0.330 e. The van der Waals surface area contributed by atoms with Crippen LogP contribution in [-0.4, -0.2) is 71.0 Å². The highest BCUT2D eigenvalue weighted by molar-refractivity contribution is 5.94. The van der Waals surface area contributed by atoms with Crippen LogP contribution in [0.1, 0.15) is 43.2 Å². The molecule has 8 heteroatoms. The van der Waals surface area contributed by atoms with E-state index >= 15 is 0 Å². The van der Waals surface area contributed by atoms with Crippen molar-refractivity contribution < 1.29 is 29.3 Å². The van der Waals surface area contributed by atoms with Crippen LogP contribution in [0, 0.1) is 5.92 Å². The molecular formula is C25H30N2O6. The minimum absolute atomic E-state index is 0.00295. The Bertz CT molecular complexity index is 1050. The lowest BCUT2D eigenvalue weighted by molar-refractivity contribution is -0.192. The molecule has 33 heavy (non-hydrogen) atoms. The van der Waals surface area contributed by atoms with Gasteiger partial charge in [-0.15, -0.1) is 0 Å². The Morgan fingerprint density at radius 1 is 1.27 bits per heavy atom. The number of nitrogens with zero attached hydrogens (tertiary/aromatic N) is 1. The lowest BCUT2D eigenvalue weighted by atomic mass is 9.48. The minimum Gasteiger partial charge on any atom is -0.504 e. The lowest BCUT2D eigenvalue weighted by Crippen LogP contribution is -2.78. The molecule has 0 radical (unpaired) electrons. The fraction of sp³-hybridized carbons (Fsp3) is 0.600. The van der Waals surface area contributed by atoms with Gasteiger partial charge in [0.05, 0.1) is 24.2 Å². The molecule has 2 saturated carbocycles. The van der Waals surface area contributed by atoms with Crippen molar-refractivity contribution in [2.75, 3.05) is 20.2 Å². The summed E-state index contributed by atoms with van der Waals surface area (Å²) in [6.07, 6.45) is 6.84. The van der Waals surface area contributed by atoms with E-state index in [2.05, 4.69) is 15.0 Å². The molecule has 1 saturated heterocycles. The van der Waals surface area contributed by atoms with Crippen molar-refractivity contribution in [1.82, 2.24) is 10.2 Å². The van der Waals surface area contributed by atoms with Gasteiger partial charge in [-0.05, 0) is 62.6 Å². The number of phenolic OH excluding ortho intramolecular Hbond substituents is 1. The van der Waals surface area contributed by atoms with Gasteiger partial charge in [-0.2, -0.15) is 0 Å². The molecule has 176 valence electrons. The predicted molar refractivity (Wildman–Crippen MR) is 118 cm³/mol. The van der Waals surface area contributed by atoms with Gasteiger partial charge in [0, 0.05) is 30.3 Å². The number of carbonyl (C=O) groups is 2. The van der Waals surface area contributed by atoms with E-state index in [1.165, 1.54) is 20.0 Å². The number of hydrogen-bond acceptors (Lipinski definition) is 7. The Hall–Kier alpha value is -2.58. The van der Waals surface area contributed by atoms with Gasteiger partial charge in [-0.3, -0.25) is 9.69 Å². The number of amides is 1. The number of aromatic hydroxyl groups is 1.